The second-order valence-corrected chi connectivity index (χ2v) is 18.6. The van der Waals surface area contributed by atoms with Crippen molar-refractivity contribution in [1.29, 1.82) is 0 Å². The number of hydrogen-bond donors (Lipinski definition) is 0. The van der Waals surface area contributed by atoms with Crippen molar-refractivity contribution in [3.63, 3.8) is 0 Å². The molecule has 0 aliphatic heterocycles. The average molecular weight is 421 g/mol. The maximum atomic E-state index is 7.15. The van der Waals surface area contributed by atoms with Crippen molar-refractivity contribution in [2.45, 2.75) is 64.9 Å². The van der Waals surface area contributed by atoms with E-state index in [0.29, 0.717) is 0 Å². The molecule has 3 heteroatoms. The van der Waals surface area contributed by atoms with E-state index in [4.69, 9.17) is 4.43 Å². The van der Waals surface area contributed by atoms with Crippen LogP contribution in [0.15, 0.2) is 72.8 Å². The molecular formula is C26H36OSi2. The summed E-state index contributed by atoms with van der Waals surface area (Å²) < 4.78 is 7.15. The number of benzene rings is 2. The van der Waals surface area contributed by atoms with Gasteiger partial charge in [-0.3, -0.25) is 0 Å². The standard InChI is InChI=1S/C26H36OSi2/c1-8-23(17-15-16-22-28(5,6)7)27-29(26(2,3)4,24-18-11-9-12-19-24)25-20-13-10-14-21-25/h9-15,17-21,23H,8H2,1-7H3/b17-15+/t23-/m0/s1. The van der Waals surface area contributed by atoms with Crippen molar-refractivity contribution in [2.24, 2.45) is 0 Å². The fourth-order valence-electron chi connectivity index (χ4n) is 3.59. The lowest BCUT2D eigenvalue weighted by atomic mass is 10.2. The third kappa shape index (κ3) is 6.06. The van der Waals surface area contributed by atoms with E-state index in [-0.39, 0.29) is 11.1 Å². The molecule has 0 aliphatic carbocycles. The van der Waals surface area contributed by atoms with Gasteiger partial charge >= 0.3 is 0 Å². The van der Waals surface area contributed by atoms with Gasteiger partial charge in [-0.05, 0) is 34.0 Å². The molecule has 0 amide bonds. The van der Waals surface area contributed by atoms with E-state index in [1.165, 1.54) is 10.4 Å². The maximum absolute atomic E-state index is 7.15. The summed E-state index contributed by atoms with van der Waals surface area (Å²) in [6.45, 7) is 16.0. The Kier molecular flexibility index (Phi) is 7.88. The molecule has 1 nitrogen and oxygen atoms in total. The van der Waals surface area contributed by atoms with Crippen LogP contribution in [0.25, 0.3) is 0 Å². The summed E-state index contributed by atoms with van der Waals surface area (Å²) in [6, 6.07) is 21.7. The Hall–Kier alpha value is -1.87. The first-order valence-electron chi connectivity index (χ1n) is 10.6. The predicted octanol–water partition coefficient (Wildman–Crippen LogP) is 5.78. The highest BCUT2D eigenvalue weighted by Gasteiger charge is 2.51. The molecule has 0 radical (unpaired) electrons. The van der Waals surface area contributed by atoms with Gasteiger partial charge in [0.1, 0.15) is 8.07 Å². The largest absolute Gasteiger partial charge is 0.401 e. The molecule has 2 aromatic rings. The summed E-state index contributed by atoms with van der Waals surface area (Å²) in [7, 11) is -3.89. The molecule has 0 N–H and O–H groups in total. The van der Waals surface area contributed by atoms with Crippen molar-refractivity contribution >= 4 is 26.8 Å². The van der Waals surface area contributed by atoms with E-state index in [1.54, 1.807) is 0 Å². The van der Waals surface area contributed by atoms with Crippen LogP contribution in [0.4, 0.5) is 0 Å². The highest BCUT2D eigenvalue weighted by atomic mass is 28.4. The Morgan fingerprint density at radius 3 is 1.76 bits per heavy atom. The lowest BCUT2D eigenvalue weighted by Gasteiger charge is -2.44. The van der Waals surface area contributed by atoms with Gasteiger partial charge in [0.05, 0.1) is 6.10 Å². The van der Waals surface area contributed by atoms with Crippen LogP contribution < -0.4 is 10.4 Å². The van der Waals surface area contributed by atoms with Crippen LogP contribution in [0.5, 0.6) is 0 Å². The molecule has 0 bridgehead atoms. The molecule has 0 spiro atoms. The first kappa shape index (κ1) is 23.4. The fourth-order valence-corrected chi connectivity index (χ4v) is 8.82. The van der Waals surface area contributed by atoms with Crippen molar-refractivity contribution in [2.75, 3.05) is 0 Å². The lowest BCUT2D eigenvalue weighted by Crippen LogP contribution is -2.67. The fraction of sp³-hybridized carbons (Fsp3) is 0.385. The lowest BCUT2D eigenvalue weighted by molar-refractivity contribution is 0.229. The Morgan fingerprint density at radius 1 is 0.897 bits per heavy atom. The van der Waals surface area contributed by atoms with Gasteiger partial charge in [-0.25, -0.2) is 0 Å². The number of rotatable bonds is 6. The van der Waals surface area contributed by atoms with Crippen LogP contribution in [0, 0.1) is 11.5 Å². The van der Waals surface area contributed by atoms with Gasteiger partial charge in [-0.15, -0.1) is 5.54 Å². The molecular weight excluding hydrogens is 384 g/mol. The normalized spacial score (nSPS) is 13.8. The van der Waals surface area contributed by atoms with E-state index in [0.717, 1.165) is 6.42 Å². The Balaban J connectivity index is 2.55. The number of allylic oxidation sites excluding steroid dienone is 1. The maximum Gasteiger partial charge on any atom is 0.261 e. The molecule has 2 aromatic carbocycles. The van der Waals surface area contributed by atoms with Crippen molar-refractivity contribution in [1.82, 2.24) is 0 Å². The Labute approximate surface area is 180 Å². The molecule has 154 valence electrons. The van der Waals surface area contributed by atoms with Crippen LogP contribution in [-0.4, -0.2) is 22.5 Å². The van der Waals surface area contributed by atoms with Gasteiger partial charge in [0, 0.05) is 0 Å². The van der Waals surface area contributed by atoms with E-state index < -0.39 is 16.4 Å². The minimum atomic E-state index is -2.52. The third-order valence-electron chi connectivity index (χ3n) is 4.99. The van der Waals surface area contributed by atoms with Crippen LogP contribution in [0.1, 0.15) is 34.1 Å². The van der Waals surface area contributed by atoms with E-state index in [9.17, 15) is 0 Å². The average Bonchev–Trinajstić information content (AvgIpc) is 2.67. The summed E-state index contributed by atoms with van der Waals surface area (Å²) in [5.74, 6) is 3.26. The highest BCUT2D eigenvalue weighted by molar-refractivity contribution is 6.99. The van der Waals surface area contributed by atoms with Crippen molar-refractivity contribution in [3.8, 4) is 11.5 Å². The first-order chi connectivity index (χ1) is 13.6. The second-order valence-electron chi connectivity index (χ2n) is 9.61. The SMILES string of the molecule is CC[C@@H](/C=C/C#C[Si](C)(C)C)O[Si](c1ccccc1)(c1ccccc1)C(C)(C)C. The molecule has 0 aromatic heterocycles. The van der Waals surface area contributed by atoms with Crippen LogP contribution in [-0.2, 0) is 4.43 Å². The van der Waals surface area contributed by atoms with Gasteiger partial charge in [0.2, 0.25) is 0 Å². The summed E-state index contributed by atoms with van der Waals surface area (Å²) >= 11 is 0. The van der Waals surface area contributed by atoms with Gasteiger partial charge in [0.25, 0.3) is 8.32 Å². The molecule has 0 aliphatic rings. The minimum Gasteiger partial charge on any atom is -0.401 e. The molecule has 0 unspecified atom stereocenters. The zero-order chi connectivity index (χ0) is 21.5. The van der Waals surface area contributed by atoms with Crippen molar-refractivity contribution in [3.05, 3.63) is 72.8 Å². The summed E-state index contributed by atoms with van der Waals surface area (Å²) in [6.07, 6.45) is 5.13. The molecule has 29 heavy (non-hydrogen) atoms. The van der Waals surface area contributed by atoms with Gasteiger partial charge in [-0.2, -0.15) is 0 Å². The molecule has 1 atom stereocenters. The van der Waals surface area contributed by atoms with Gasteiger partial charge in [0.15, 0.2) is 0 Å². The van der Waals surface area contributed by atoms with E-state index in [2.05, 4.69) is 126 Å². The molecule has 0 saturated heterocycles. The van der Waals surface area contributed by atoms with Crippen LogP contribution in [0.3, 0.4) is 0 Å². The Bertz CT molecular complexity index is 807. The molecule has 0 fully saturated rings. The van der Waals surface area contributed by atoms with E-state index in [1.807, 2.05) is 6.08 Å². The van der Waals surface area contributed by atoms with Crippen molar-refractivity contribution < 1.29 is 4.43 Å². The Morgan fingerprint density at radius 2 is 1.38 bits per heavy atom. The second kappa shape index (κ2) is 9.76. The zero-order valence-electron chi connectivity index (χ0n) is 19.1. The molecule has 0 saturated carbocycles. The molecule has 0 heterocycles. The molecule has 2 rings (SSSR count). The summed E-state index contributed by atoms with van der Waals surface area (Å²) in [4.78, 5) is 0. The predicted molar refractivity (Wildman–Crippen MR) is 133 cm³/mol. The first-order valence-corrected chi connectivity index (χ1v) is 16.0. The third-order valence-corrected chi connectivity index (χ3v) is 10.9. The monoisotopic (exact) mass is 420 g/mol. The number of hydrogen-bond acceptors (Lipinski definition) is 1. The highest BCUT2D eigenvalue weighted by Crippen LogP contribution is 2.37. The summed E-state index contributed by atoms with van der Waals surface area (Å²) in [5.41, 5.74) is 3.42. The van der Waals surface area contributed by atoms with Crippen LogP contribution >= 0.6 is 0 Å². The quantitative estimate of drug-likeness (QED) is 0.425. The minimum absolute atomic E-state index is 0.0129. The zero-order valence-corrected chi connectivity index (χ0v) is 21.1. The van der Waals surface area contributed by atoms with Gasteiger partial charge < -0.3 is 4.43 Å². The van der Waals surface area contributed by atoms with E-state index >= 15 is 0 Å². The van der Waals surface area contributed by atoms with Crippen LogP contribution in [0.2, 0.25) is 24.7 Å². The van der Waals surface area contributed by atoms with Gasteiger partial charge in [-0.1, -0.05) is 114 Å². The summed E-state index contributed by atoms with van der Waals surface area (Å²) in [5, 5.41) is 2.62. The smallest absolute Gasteiger partial charge is 0.261 e. The topological polar surface area (TPSA) is 9.23 Å².